The second-order valence-electron chi connectivity index (χ2n) is 4.22. The minimum absolute atomic E-state index is 0.0798. The average molecular weight is 328 g/mol. The summed E-state index contributed by atoms with van der Waals surface area (Å²) in [4.78, 5) is 22.5. The first-order valence-corrected chi connectivity index (χ1v) is 6.72. The SMILES string of the molecule is O=C(CCn1cc(C(=O)O)cn1)Nc1ccc(Cl)cc1Cl. The van der Waals surface area contributed by atoms with Crippen LogP contribution in [0.25, 0.3) is 0 Å². The highest BCUT2D eigenvalue weighted by Gasteiger charge is 2.09. The van der Waals surface area contributed by atoms with Crippen LogP contribution >= 0.6 is 23.2 Å². The zero-order valence-electron chi connectivity index (χ0n) is 10.7. The summed E-state index contributed by atoms with van der Waals surface area (Å²) in [6, 6.07) is 4.76. The summed E-state index contributed by atoms with van der Waals surface area (Å²) in [5, 5.41) is 16.1. The molecule has 6 nitrogen and oxygen atoms in total. The van der Waals surface area contributed by atoms with Gasteiger partial charge in [0.15, 0.2) is 0 Å². The highest BCUT2D eigenvalue weighted by molar-refractivity contribution is 6.36. The first-order chi connectivity index (χ1) is 9.95. The van der Waals surface area contributed by atoms with Gasteiger partial charge in [-0.15, -0.1) is 0 Å². The monoisotopic (exact) mass is 327 g/mol. The van der Waals surface area contributed by atoms with Gasteiger partial charge in [-0.1, -0.05) is 23.2 Å². The predicted molar refractivity (Wildman–Crippen MR) is 78.9 cm³/mol. The molecule has 2 N–H and O–H groups in total. The van der Waals surface area contributed by atoms with Gasteiger partial charge in [0.2, 0.25) is 5.91 Å². The van der Waals surface area contributed by atoms with Crippen molar-refractivity contribution in [1.29, 1.82) is 0 Å². The number of aromatic nitrogens is 2. The molecule has 0 aliphatic heterocycles. The third kappa shape index (κ3) is 4.21. The van der Waals surface area contributed by atoms with E-state index in [1.165, 1.54) is 23.1 Å². The fourth-order valence-electron chi connectivity index (χ4n) is 1.62. The van der Waals surface area contributed by atoms with Crippen molar-refractivity contribution in [3.8, 4) is 0 Å². The molecule has 0 aliphatic rings. The number of carboxylic acid groups (broad SMARTS) is 1. The van der Waals surface area contributed by atoms with E-state index in [9.17, 15) is 9.59 Å². The van der Waals surface area contributed by atoms with Gasteiger partial charge in [0.1, 0.15) is 0 Å². The van der Waals surface area contributed by atoms with E-state index in [0.29, 0.717) is 15.7 Å². The molecule has 0 saturated carbocycles. The molecule has 0 atom stereocenters. The number of hydrogen-bond acceptors (Lipinski definition) is 3. The van der Waals surface area contributed by atoms with Gasteiger partial charge in [0.25, 0.3) is 0 Å². The molecule has 0 fully saturated rings. The van der Waals surface area contributed by atoms with Crippen LogP contribution in [0, 0.1) is 0 Å². The summed E-state index contributed by atoms with van der Waals surface area (Å²) >= 11 is 11.7. The first kappa shape index (κ1) is 15.3. The molecule has 0 unspecified atom stereocenters. The number of anilines is 1. The number of rotatable bonds is 5. The summed E-state index contributed by atoms with van der Waals surface area (Å²) in [7, 11) is 0. The number of carbonyl (C=O) groups is 2. The van der Waals surface area contributed by atoms with E-state index in [2.05, 4.69) is 10.4 Å². The van der Waals surface area contributed by atoms with Gasteiger partial charge in [0, 0.05) is 24.2 Å². The Hall–Kier alpha value is -2.05. The van der Waals surface area contributed by atoms with Crippen molar-refractivity contribution in [2.75, 3.05) is 5.32 Å². The third-order valence-electron chi connectivity index (χ3n) is 2.65. The van der Waals surface area contributed by atoms with Crippen molar-refractivity contribution < 1.29 is 14.7 Å². The van der Waals surface area contributed by atoms with Crippen LogP contribution in [0.3, 0.4) is 0 Å². The highest BCUT2D eigenvalue weighted by Crippen LogP contribution is 2.25. The fourth-order valence-corrected chi connectivity index (χ4v) is 2.07. The molecule has 1 heterocycles. The predicted octanol–water partition coefficient (Wildman–Crippen LogP) is 2.92. The van der Waals surface area contributed by atoms with Crippen LogP contribution in [0.5, 0.6) is 0 Å². The Labute approximate surface area is 130 Å². The molecular weight excluding hydrogens is 317 g/mol. The maximum Gasteiger partial charge on any atom is 0.338 e. The lowest BCUT2D eigenvalue weighted by atomic mass is 10.3. The zero-order chi connectivity index (χ0) is 15.4. The lowest BCUT2D eigenvalue weighted by Crippen LogP contribution is -2.15. The zero-order valence-corrected chi connectivity index (χ0v) is 12.2. The number of carboxylic acids is 1. The van der Waals surface area contributed by atoms with Crippen molar-refractivity contribution in [1.82, 2.24) is 9.78 Å². The molecule has 0 aliphatic carbocycles. The summed E-state index contributed by atoms with van der Waals surface area (Å²) in [5.41, 5.74) is 0.550. The van der Waals surface area contributed by atoms with Crippen LogP contribution in [0.15, 0.2) is 30.6 Å². The van der Waals surface area contributed by atoms with Crippen molar-refractivity contribution in [2.24, 2.45) is 0 Å². The minimum atomic E-state index is -1.06. The van der Waals surface area contributed by atoms with E-state index in [0.717, 1.165) is 0 Å². The van der Waals surface area contributed by atoms with E-state index in [4.69, 9.17) is 28.3 Å². The fraction of sp³-hybridized carbons (Fsp3) is 0.154. The maximum atomic E-state index is 11.8. The molecule has 2 aromatic rings. The maximum absolute atomic E-state index is 11.8. The molecule has 1 aromatic carbocycles. The lowest BCUT2D eigenvalue weighted by Gasteiger charge is -2.07. The van der Waals surface area contributed by atoms with E-state index >= 15 is 0 Å². The average Bonchev–Trinajstić information content (AvgIpc) is 2.89. The molecule has 21 heavy (non-hydrogen) atoms. The van der Waals surface area contributed by atoms with E-state index in [1.54, 1.807) is 12.1 Å². The smallest absolute Gasteiger partial charge is 0.338 e. The molecule has 110 valence electrons. The van der Waals surface area contributed by atoms with Crippen molar-refractivity contribution in [2.45, 2.75) is 13.0 Å². The molecule has 8 heteroatoms. The van der Waals surface area contributed by atoms with Crippen LogP contribution in [-0.2, 0) is 11.3 Å². The molecular formula is C13H11Cl2N3O3. The number of hydrogen-bond donors (Lipinski definition) is 2. The summed E-state index contributed by atoms with van der Waals surface area (Å²) in [6.45, 7) is 0.268. The van der Waals surface area contributed by atoms with Crippen molar-refractivity contribution in [3.63, 3.8) is 0 Å². The largest absolute Gasteiger partial charge is 0.478 e. The molecule has 2 rings (SSSR count). The summed E-state index contributed by atoms with van der Waals surface area (Å²) in [6.07, 6.45) is 2.74. The number of halogens is 2. The second-order valence-corrected chi connectivity index (χ2v) is 5.06. The highest BCUT2D eigenvalue weighted by atomic mass is 35.5. The quantitative estimate of drug-likeness (QED) is 0.884. The number of nitrogens with one attached hydrogen (secondary N) is 1. The Balaban J connectivity index is 1.91. The lowest BCUT2D eigenvalue weighted by molar-refractivity contribution is -0.116. The summed E-state index contributed by atoms with van der Waals surface area (Å²) < 4.78 is 1.40. The first-order valence-electron chi connectivity index (χ1n) is 5.96. The Kier molecular flexibility index (Phi) is 4.82. The second kappa shape index (κ2) is 6.60. The molecule has 1 amide bonds. The van der Waals surface area contributed by atoms with Crippen molar-refractivity contribution in [3.05, 3.63) is 46.2 Å². The van der Waals surface area contributed by atoms with Gasteiger partial charge in [0.05, 0.1) is 22.5 Å². The number of nitrogens with zero attached hydrogens (tertiary/aromatic N) is 2. The van der Waals surface area contributed by atoms with Gasteiger partial charge >= 0.3 is 5.97 Å². The van der Waals surface area contributed by atoms with Gasteiger partial charge in [-0.3, -0.25) is 9.48 Å². The van der Waals surface area contributed by atoms with Gasteiger partial charge < -0.3 is 10.4 Å². The number of benzene rings is 1. The topological polar surface area (TPSA) is 84.2 Å². The third-order valence-corrected chi connectivity index (χ3v) is 3.20. The number of carbonyl (C=O) groups excluding carboxylic acids is 1. The van der Waals surface area contributed by atoms with Crippen LogP contribution < -0.4 is 5.32 Å². The molecule has 0 bridgehead atoms. The molecule has 0 saturated heterocycles. The van der Waals surface area contributed by atoms with Crippen LogP contribution in [-0.4, -0.2) is 26.8 Å². The molecule has 0 spiro atoms. The van der Waals surface area contributed by atoms with Gasteiger partial charge in [-0.25, -0.2) is 4.79 Å². The number of aryl methyl sites for hydroxylation is 1. The van der Waals surface area contributed by atoms with E-state index in [-0.39, 0.29) is 24.4 Å². The van der Waals surface area contributed by atoms with Crippen LogP contribution in [0.4, 0.5) is 5.69 Å². The van der Waals surface area contributed by atoms with E-state index < -0.39 is 5.97 Å². The molecule has 0 radical (unpaired) electrons. The number of aromatic carboxylic acids is 1. The number of amides is 1. The van der Waals surface area contributed by atoms with Crippen LogP contribution in [0.2, 0.25) is 10.0 Å². The van der Waals surface area contributed by atoms with Crippen molar-refractivity contribution >= 4 is 40.8 Å². The Morgan fingerprint density at radius 3 is 2.71 bits per heavy atom. The Morgan fingerprint density at radius 2 is 2.10 bits per heavy atom. The standard InChI is InChI=1S/C13H11Cl2N3O3/c14-9-1-2-11(10(15)5-9)17-12(19)3-4-18-7-8(6-16-18)13(20)21/h1-2,5-7H,3-4H2,(H,17,19)(H,20,21). The van der Waals surface area contributed by atoms with E-state index in [1.807, 2.05) is 0 Å². The van der Waals surface area contributed by atoms with Gasteiger partial charge in [-0.05, 0) is 18.2 Å². The Bertz CT molecular complexity index is 685. The van der Waals surface area contributed by atoms with Crippen LogP contribution in [0.1, 0.15) is 16.8 Å². The summed E-state index contributed by atoms with van der Waals surface area (Å²) in [5.74, 6) is -1.31. The Morgan fingerprint density at radius 1 is 1.33 bits per heavy atom. The minimum Gasteiger partial charge on any atom is -0.478 e. The molecule has 1 aromatic heterocycles. The van der Waals surface area contributed by atoms with Gasteiger partial charge in [-0.2, -0.15) is 5.10 Å². The normalized spacial score (nSPS) is 10.4.